The Morgan fingerprint density at radius 3 is 1.29 bits per heavy atom. The zero-order valence-electron chi connectivity index (χ0n) is 34.1. The van der Waals surface area contributed by atoms with Crippen LogP contribution in [0.4, 0.5) is 0 Å². The first-order valence-electron chi connectivity index (χ1n) is 22.4. The zero-order chi connectivity index (χ0) is 37.1. The smallest absolute Gasteiger partial charge is 0.220 e. The summed E-state index contributed by atoms with van der Waals surface area (Å²) in [6, 6.07) is -0.643. The second kappa shape index (κ2) is 42.8. The van der Waals surface area contributed by atoms with Crippen LogP contribution in [0, 0.1) is 0 Å². The Hall–Kier alpha value is -1.65. The third-order valence-corrected chi connectivity index (χ3v) is 10.0. The van der Waals surface area contributed by atoms with Gasteiger partial charge in [-0.15, -0.1) is 0 Å². The van der Waals surface area contributed by atoms with Crippen LogP contribution in [0.5, 0.6) is 0 Å². The van der Waals surface area contributed by atoms with Gasteiger partial charge in [0.05, 0.1) is 18.8 Å². The molecule has 0 aromatic heterocycles. The second-order valence-electron chi connectivity index (χ2n) is 15.1. The van der Waals surface area contributed by atoms with Gasteiger partial charge >= 0.3 is 0 Å². The maximum absolute atomic E-state index is 12.4. The van der Waals surface area contributed by atoms with Crippen LogP contribution < -0.4 is 5.32 Å². The lowest BCUT2D eigenvalue weighted by Crippen LogP contribution is -2.45. The Kier molecular flexibility index (Phi) is 41.4. The van der Waals surface area contributed by atoms with Gasteiger partial charge in [0.1, 0.15) is 0 Å². The number of carbonyl (C=O) groups excluding carboxylic acids is 1. The molecule has 0 heterocycles. The number of aliphatic hydroxyl groups is 2. The van der Waals surface area contributed by atoms with Crippen molar-refractivity contribution < 1.29 is 15.0 Å². The third-order valence-electron chi connectivity index (χ3n) is 10.0. The van der Waals surface area contributed by atoms with Crippen molar-refractivity contribution in [2.24, 2.45) is 0 Å². The molecule has 0 saturated carbocycles. The SMILES string of the molecule is CCCCC/C=C\C/C=C\CCCCCCCCCC(=O)NC(CO)C(O)/C=C/CC/C=C/CCCCCCCCCCCCCCCCCC. The molecule has 0 bridgehead atoms. The largest absolute Gasteiger partial charge is 0.394 e. The summed E-state index contributed by atoms with van der Waals surface area (Å²) < 4.78 is 0. The van der Waals surface area contributed by atoms with E-state index in [9.17, 15) is 15.0 Å². The van der Waals surface area contributed by atoms with Crippen molar-refractivity contribution >= 4 is 5.91 Å². The molecule has 0 rings (SSSR count). The highest BCUT2D eigenvalue weighted by molar-refractivity contribution is 5.76. The maximum Gasteiger partial charge on any atom is 0.220 e. The van der Waals surface area contributed by atoms with Crippen molar-refractivity contribution in [3.63, 3.8) is 0 Å². The van der Waals surface area contributed by atoms with Crippen LogP contribution in [-0.4, -0.2) is 34.9 Å². The number of rotatable bonds is 40. The molecule has 0 aromatic carbocycles. The molecular formula is C47H87NO3. The minimum absolute atomic E-state index is 0.0823. The van der Waals surface area contributed by atoms with Gasteiger partial charge in [0.15, 0.2) is 0 Å². The average Bonchev–Trinajstić information content (AvgIpc) is 3.13. The molecule has 51 heavy (non-hydrogen) atoms. The minimum atomic E-state index is -0.866. The molecule has 298 valence electrons. The van der Waals surface area contributed by atoms with Gasteiger partial charge in [-0.1, -0.05) is 204 Å². The molecular weight excluding hydrogens is 627 g/mol. The van der Waals surface area contributed by atoms with Crippen LogP contribution in [0.1, 0.15) is 226 Å². The van der Waals surface area contributed by atoms with E-state index in [0.717, 1.165) is 44.9 Å². The van der Waals surface area contributed by atoms with Crippen molar-refractivity contribution in [3.05, 3.63) is 48.6 Å². The minimum Gasteiger partial charge on any atom is -0.394 e. The molecule has 1 amide bonds. The van der Waals surface area contributed by atoms with Gasteiger partial charge < -0.3 is 15.5 Å². The highest BCUT2D eigenvalue weighted by atomic mass is 16.3. The van der Waals surface area contributed by atoms with Crippen LogP contribution in [0.3, 0.4) is 0 Å². The molecule has 0 spiro atoms. The van der Waals surface area contributed by atoms with Crippen molar-refractivity contribution in [1.82, 2.24) is 5.32 Å². The third kappa shape index (κ3) is 39.4. The van der Waals surface area contributed by atoms with Crippen LogP contribution in [0.25, 0.3) is 0 Å². The van der Waals surface area contributed by atoms with E-state index in [4.69, 9.17) is 0 Å². The monoisotopic (exact) mass is 714 g/mol. The van der Waals surface area contributed by atoms with Crippen molar-refractivity contribution in [3.8, 4) is 0 Å². The summed E-state index contributed by atoms with van der Waals surface area (Å²) in [6.45, 7) is 4.27. The van der Waals surface area contributed by atoms with Gasteiger partial charge in [-0.05, 0) is 64.2 Å². The topological polar surface area (TPSA) is 69.6 Å². The van der Waals surface area contributed by atoms with E-state index < -0.39 is 12.1 Å². The van der Waals surface area contributed by atoms with E-state index in [1.165, 1.54) is 161 Å². The predicted octanol–water partition coefficient (Wildman–Crippen LogP) is 14.0. The summed E-state index contributed by atoms with van der Waals surface area (Å²) in [6.07, 6.45) is 57.9. The summed E-state index contributed by atoms with van der Waals surface area (Å²) in [5.41, 5.74) is 0. The number of amides is 1. The maximum atomic E-state index is 12.4. The number of carbonyl (C=O) groups is 1. The summed E-state index contributed by atoms with van der Waals surface area (Å²) in [7, 11) is 0. The molecule has 3 N–H and O–H groups in total. The number of nitrogens with one attached hydrogen (secondary N) is 1. The van der Waals surface area contributed by atoms with E-state index in [2.05, 4.69) is 55.6 Å². The lowest BCUT2D eigenvalue weighted by molar-refractivity contribution is -0.123. The van der Waals surface area contributed by atoms with E-state index in [1.807, 2.05) is 6.08 Å². The van der Waals surface area contributed by atoms with Crippen molar-refractivity contribution in [2.45, 2.75) is 238 Å². The lowest BCUT2D eigenvalue weighted by atomic mass is 10.0. The van der Waals surface area contributed by atoms with Crippen LogP contribution in [-0.2, 0) is 4.79 Å². The zero-order valence-corrected chi connectivity index (χ0v) is 34.1. The first-order valence-corrected chi connectivity index (χ1v) is 22.4. The van der Waals surface area contributed by atoms with Crippen LogP contribution in [0.15, 0.2) is 48.6 Å². The molecule has 0 saturated heterocycles. The molecule has 0 aromatic rings. The summed E-state index contributed by atoms with van der Waals surface area (Å²) >= 11 is 0. The fourth-order valence-electron chi connectivity index (χ4n) is 6.58. The molecule has 4 heteroatoms. The number of aliphatic hydroxyl groups excluding tert-OH is 2. The Morgan fingerprint density at radius 1 is 0.471 bits per heavy atom. The Balaban J connectivity index is 3.62. The number of allylic oxidation sites excluding steroid dienone is 7. The average molecular weight is 714 g/mol. The van der Waals surface area contributed by atoms with Gasteiger partial charge in [-0.2, -0.15) is 0 Å². The Bertz CT molecular complexity index is 816. The fraction of sp³-hybridized carbons (Fsp3) is 0.809. The summed E-state index contributed by atoms with van der Waals surface area (Å²) in [5, 5.41) is 23.0. The molecule has 0 fully saturated rings. The van der Waals surface area contributed by atoms with Gasteiger partial charge in [-0.25, -0.2) is 0 Å². The molecule has 4 nitrogen and oxygen atoms in total. The second-order valence-corrected chi connectivity index (χ2v) is 15.1. The predicted molar refractivity (Wildman–Crippen MR) is 225 cm³/mol. The highest BCUT2D eigenvalue weighted by Crippen LogP contribution is 2.15. The summed E-state index contributed by atoms with van der Waals surface area (Å²) in [4.78, 5) is 12.4. The van der Waals surface area contributed by atoms with E-state index in [1.54, 1.807) is 6.08 Å². The van der Waals surface area contributed by atoms with Crippen LogP contribution in [0.2, 0.25) is 0 Å². The Labute approximate surface area is 318 Å². The quantitative estimate of drug-likeness (QED) is 0.0437. The lowest BCUT2D eigenvalue weighted by Gasteiger charge is -2.19. The fourth-order valence-corrected chi connectivity index (χ4v) is 6.58. The normalized spacial score (nSPS) is 13.4. The Morgan fingerprint density at radius 2 is 0.824 bits per heavy atom. The van der Waals surface area contributed by atoms with E-state index in [0.29, 0.717) is 6.42 Å². The van der Waals surface area contributed by atoms with Gasteiger partial charge in [0.25, 0.3) is 0 Å². The van der Waals surface area contributed by atoms with Crippen LogP contribution >= 0.6 is 0 Å². The number of unbranched alkanes of at least 4 members (excludes halogenated alkanes) is 27. The summed E-state index contributed by atoms with van der Waals surface area (Å²) in [5.74, 6) is -0.0823. The molecule has 0 radical (unpaired) electrons. The molecule has 2 atom stereocenters. The van der Waals surface area contributed by atoms with Crippen molar-refractivity contribution in [2.75, 3.05) is 6.61 Å². The molecule has 2 unspecified atom stereocenters. The molecule has 0 aliphatic rings. The van der Waals surface area contributed by atoms with Gasteiger partial charge in [0.2, 0.25) is 5.91 Å². The molecule has 0 aliphatic heterocycles. The highest BCUT2D eigenvalue weighted by Gasteiger charge is 2.17. The molecule has 0 aliphatic carbocycles. The van der Waals surface area contributed by atoms with E-state index >= 15 is 0 Å². The first-order chi connectivity index (χ1) is 25.2. The standard InChI is InChI=1S/C47H87NO3/c1-3-5-7-9-11-13-15-17-19-21-22-23-24-25-27-28-30-32-34-36-38-40-42-46(50)45(44-49)48-47(51)43-41-39-37-35-33-31-29-26-20-18-16-14-12-10-8-6-4-2/h12,14,18,20,32,34,40,42,45-46,49-50H,3-11,13,15-17,19,21-31,33,35-39,41,43-44H2,1-2H3,(H,48,51)/b14-12-,20-18-,34-32+,42-40+. The number of hydrogen-bond acceptors (Lipinski definition) is 3. The number of hydrogen-bond donors (Lipinski definition) is 3. The van der Waals surface area contributed by atoms with Gasteiger partial charge in [0, 0.05) is 6.42 Å². The van der Waals surface area contributed by atoms with E-state index in [-0.39, 0.29) is 12.5 Å². The van der Waals surface area contributed by atoms with Gasteiger partial charge in [-0.3, -0.25) is 4.79 Å². The first kappa shape index (κ1) is 49.4. The van der Waals surface area contributed by atoms with Crippen molar-refractivity contribution in [1.29, 1.82) is 0 Å².